The molecule has 175 valence electrons. The van der Waals surface area contributed by atoms with Crippen LogP contribution in [0.15, 0.2) is 0 Å². The van der Waals surface area contributed by atoms with Crippen molar-refractivity contribution in [3.63, 3.8) is 0 Å². The van der Waals surface area contributed by atoms with Gasteiger partial charge in [0.25, 0.3) is 0 Å². The molecule has 0 saturated heterocycles. The predicted octanol–water partition coefficient (Wildman–Crippen LogP) is 9.46. The highest BCUT2D eigenvalue weighted by molar-refractivity contribution is 4.60. The molecule has 1 heteroatoms. The Morgan fingerprint density at radius 2 is 0.724 bits per heavy atom. The van der Waals surface area contributed by atoms with Gasteiger partial charge >= 0.3 is 0 Å². The zero-order valence-electron chi connectivity index (χ0n) is 21.2. The van der Waals surface area contributed by atoms with Gasteiger partial charge in [-0.2, -0.15) is 0 Å². The quantitative estimate of drug-likeness (QED) is 0.152. The molecule has 1 radical (unpaired) electrons. The van der Waals surface area contributed by atoms with Gasteiger partial charge in [-0.25, -0.2) is 0 Å². The van der Waals surface area contributed by atoms with Gasteiger partial charge in [0.15, 0.2) is 0 Å². The number of hydrogen-bond donors (Lipinski definition) is 0. The largest absolute Gasteiger partial charge is 0.303 e. The van der Waals surface area contributed by atoms with Crippen LogP contribution >= 0.6 is 0 Å². The maximum atomic E-state index is 4.15. The van der Waals surface area contributed by atoms with Crippen molar-refractivity contribution >= 4 is 0 Å². The Morgan fingerprint density at radius 3 is 1.00 bits per heavy atom. The van der Waals surface area contributed by atoms with Gasteiger partial charge in [0, 0.05) is 0 Å². The number of hydrogen-bond acceptors (Lipinski definition) is 1. The summed E-state index contributed by atoms with van der Waals surface area (Å²) in [5, 5.41) is 0. The lowest BCUT2D eigenvalue weighted by atomic mass is 10.0. The molecular formula is C28H58N. The minimum absolute atomic E-state index is 0.885. The fraction of sp³-hybridized carbons (Fsp3) is 0.964. The summed E-state index contributed by atoms with van der Waals surface area (Å²) in [5.74, 6) is 1.77. The fourth-order valence-electron chi connectivity index (χ4n) is 4.23. The van der Waals surface area contributed by atoms with E-state index in [0.717, 1.165) is 18.4 Å². The minimum atomic E-state index is 0.885. The minimum Gasteiger partial charge on any atom is -0.303 e. The molecule has 29 heavy (non-hydrogen) atoms. The van der Waals surface area contributed by atoms with E-state index in [1.165, 1.54) is 129 Å². The van der Waals surface area contributed by atoms with Crippen LogP contribution in [-0.2, 0) is 0 Å². The van der Waals surface area contributed by atoms with Crippen molar-refractivity contribution in [2.75, 3.05) is 19.6 Å². The van der Waals surface area contributed by atoms with Gasteiger partial charge in [-0.3, -0.25) is 0 Å². The normalized spacial score (nSPS) is 12.0. The van der Waals surface area contributed by atoms with Crippen LogP contribution in [0.4, 0.5) is 0 Å². The lowest BCUT2D eigenvalue weighted by Gasteiger charge is -2.20. The molecule has 0 atom stereocenters. The standard InChI is InChI=1S/C28H58N/c1-6-29(25-21-17-13-9-7-11-15-19-23-27(2)3)26-22-18-14-10-8-12-16-20-24-28(4)5/h27-28H,1,6-26H2,2-5H3. The number of unbranched alkanes of at least 4 members (excludes halogenated alkanes) is 14. The molecule has 0 N–H and O–H groups in total. The molecule has 1 nitrogen and oxygen atoms in total. The molecule has 0 aromatic heterocycles. The predicted molar refractivity (Wildman–Crippen MR) is 135 cm³/mol. The van der Waals surface area contributed by atoms with E-state index < -0.39 is 0 Å². The van der Waals surface area contributed by atoms with Crippen LogP contribution in [0.3, 0.4) is 0 Å². The van der Waals surface area contributed by atoms with Crippen molar-refractivity contribution in [2.45, 2.75) is 143 Å². The highest BCUT2D eigenvalue weighted by Crippen LogP contribution is 2.14. The Balaban J connectivity index is 3.31. The first-order valence-corrected chi connectivity index (χ1v) is 13.6. The van der Waals surface area contributed by atoms with E-state index >= 15 is 0 Å². The second-order valence-electron chi connectivity index (χ2n) is 10.4. The molecule has 0 aliphatic carbocycles. The first-order valence-electron chi connectivity index (χ1n) is 13.6. The van der Waals surface area contributed by atoms with E-state index in [9.17, 15) is 0 Å². The highest BCUT2D eigenvalue weighted by atomic mass is 15.1. The Labute approximate surface area is 186 Å². The summed E-state index contributed by atoms with van der Waals surface area (Å²) in [6, 6.07) is 0. The number of rotatable bonds is 23. The second kappa shape index (κ2) is 22.6. The average molecular weight is 409 g/mol. The van der Waals surface area contributed by atoms with Crippen molar-refractivity contribution in [3.8, 4) is 0 Å². The van der Waals surface area contributed by atoms with Gasteiger partial charge in [0.05, 0.1) is 0 Å². The third-order valence-corrected chi connectivity index (χ3v) is 6.33. The highest BCUT2D eigenvalue weighted by Gasteiger charge is 2.02. The lowest BCUT2D eigenvalue weighted by Crippen LogP contribution is -2.25. The summed E-state index contributed by atoms with van der Waals surface area (Å²) >= 11 is 0. The third-order valence-electron chi connectivity index (χ3n) is 6.33. The van der Waals surface area contributed by atoms with Crippen molar-refractivity contribution < 1.29 is 0 Å². The Hall–Kier alpha value is -0.0400. The van der Waals surface area contributed by atoms with Gasteiger partial charge in [-0.05, 0) is 51.2 Å². The van der Waals surface area contributed by atoms with E-state index in [0.29, 0.717) is 0 Å². The molecular weight excluding hydrogens is 350 g/mol. The monoisotopic (exact) mass is 408 g/mol. The van der Waals surface area contributed by atoms with Crippen molar-refractivity contribution in [1.82, 2.24) is 4.90 Å². The molecule has 0 unspecified atom stereocenters. The van der Waals surface area contributed by atoms with E-state index in [2.05, 4.69) is 39.5 Å². The SMILES string of the molecule is [CH2]CN(CCCCCCCCCCC(C)C)CCCCCCCCCCC(C)C. The molecule has 0 aliphatic heterocycles. The molecule has 0 bridgehead atoms. The average Bonchev–Trinajstić information content (AvgIpc) is 2.68. The van der Waals surface area contributed by atoms with Crippen molar-refractivity contribution in [3.05, 3.63) is 6.92 Å². The second-order valence-corrected chi connectivity index (χ2v) is 10.4. The van der Waals surface area contributed by atoms with Gasteiger partial charge in [-0.15, -0.1) is 0 Å². The molecule has 0 saturated carbocycles. The summed E-state index contributed by atoms with van der Waals surface area (Å²) in [7, 11) is 0. The number of nitrogens with zero attached hydrogens (tertiary/aromatic N) is 1. The molecule has 0 fully saturated rings. The Bertz CT molecular complexity index is 269. The molecule has 0 heterocycles. The van der Waals surface area contributed by atoms with Crippen molar-refractivity contribution in [2.24, 2.45) is 11.8 Å². The smallest absolute Gasteiger partial charge is 0.00183 e. The third kappa shape index (κ3) is 24.1. The van der Waals surface area contributed by atoms with Crippen LogP contribution in [-0.4, -0.2) is 24.5 Å². The van der Waals surface area contributed by atoms with Crippen LogP contribution in [0, 0.1) is 18.8 Å². The zero-order chi connectivity index (χ0) is 21.6. The van der Waals surface area contributed by atoms with Gasteiger partial charge in [-0.1, -0.05) is 130 Å². The van der Waals surface area contributed by atoms with E-state index in [-0.39, 0.29) is 0 Å². The van der Waals surface area contributed by atoms with E-state index in [1.54, 1.807) is 0 Å². The molecule has 0 aromatic carbocycles. The van der Waals surface area contributed by atoms with Crippen LogP contribution in [0.1, 0.15) is 143 Å². The topological polar surface area (TPSA) is 3.24 Å². The molecule has 0 amide bonds. The van der Waals surface area contributed by atoms with Crippen LogP contribution in [0.5, 0.6) is 0 Å². The van der Waals surface area contributed by atoms with Crippen LogP contribution in [0.2, 0.25) is 0 Å². The van der Waals surface area contributed by atoms with Crippen LogP contribution in [0.25, 0.3) is 0 Å². The maximum absolute atomic E-state index is 4.15. The van der Waals surface area contributed by atoms with E-state index in [4.69, 9.17) is 0 Å². The zero-order valence-corrected chi connectivity index (χ0v) is 21.2. The summed E-state index contributed by atoms with van der Waals surface area (Å²) in [6.45, 7) is 17.0. The van der Waals surface area contributed by atoms with Gasteiger partial charge in [0.2, 0.25) is 0 Å². The summed E-state index contributed by atoms with van der Waals surface area (Å²) < 4.78 is 0. The molecule has 0 spiro atoms. The molecule has 0 aromatic rings. The van der Waals surface area contributed by atoms with Crippen molar-refractivity contribution in [1.29, 1.82) is 0 Å². The lowest BCUT2D eigenvalue weighted by molar-refractivity contribution is 0.284. The van der Waals surface area contributed by atoms with Crippen LogP contribution < -0.4 is 0 Å². The van der Waals surface area contributed by atoms with Gasteiger partial charge < -0.3 is 4.90 Å². The molecule has 0 rings (SSSR count). The summed E-state index contributed by atoms with van der Waals surface area (Å²) in [5.41, 5.74) is 0. The summed E-state index contributed by atoms with van der Waals surface area (Å²) in [4.78, 5) is 2.58. The van der Waals surface area contributed by atoms with E-state index in [1.807, 2.05) is 0 Å². The Kier molecular flexibility index (Phi) is 22.6. The first kappa shape index (κ1) is 29.0. The summed E-state index contributed by atoms with van der Waals surface area (Å²) in [6.07, 6.45) is 25.8. The Morgan fingerprint density at radius 1 is 0.448 bits per heavy atom. The van der Waals surface area contributed by atoms with Gasteiger partial charge in [0.1, 0.15) is 0 Å². The maximum Gasteiger partial charge on any atom is -0.00183 e. The first-order chi connectivity index (χ1) is 14.1. The fourth-order valence-corrected chi connectivity index (χ4v) is 4.23. The molecule has 0 aliphatic rings.